The molecule has 3 heterocycles. The second kappa shape index (κ2) is 7.42. The molecule has 0 spiro atoms. The summed E-state index contributed by atoms with van der Waals surface area (Å²) in [7, 11) is 1.85. The number of amides is 1. The average Bonchev–Trinajstić information content (AvgIpc) is 3.46. The van der Waals surface area contributed by atoms with Crippen LogP contribution >= 0.6 is 11.8 Å². The number of carbonyl (C=O) groups is 1. The van der Waals surface area contributed by atoms with E-state index in [2.05, 4.69) is 15.5 Å². The van der Waals surface area contributed by atoms with Gasteiger partial charge in [-0.1, -0.05) is 30.0 Å². The van der Waals surface area contributed by atoms with Crippen molar-refractivity contribution in [2.45, 2.75) is 17.3 Å². The highest BCUT2D eigenvalue weighted by Gasteiger charge is 2.22. The van der Waals surface area contributed by atoms with Gasteiger partial charge in [0.05, 0.1) is 5.25 Å². The zero-order valence-electron chi connectivity index (χ0n) is 16.3. The molecule has 1 atom stereocenters. The first-order valence-electron chi connectivity index (χ1n) is 9.34. The summed E-state index contributed by atoms with van der Waals surface area (Å²) in [5.41, 5.74) is 1.44. The Labute approximate surface area is 176 Å². The van der Waals surface area contributed by atoms with E-state index in [1.807, 2.05) is 48.9 Å². The van der Waals surface area contributed by atoms with Gasteiger partial charge in [0.15, 0.2) is 28.2 Å². The maximum Gasteiger partial charge on any atom is 0.237 e. The minimum atomic E-state index is -0.387. The van der Waals surface area contributed by atoms with E-state index in [9.17, 15) is 4.79 Å². The molecule has 2 aromatic heterocycles. The number of aromatic nitrogens is 3. The Bertz CT molecular complexity index is 1220. The summed E-state index contributed by atoms with van der Waals surface area (Å²) in [6.07, 6.45) is 0. The van der Waals surface area contributed by atoms with Crippen LogP contribution in [0.1, 0.15) is 6.92 Å². The Morgan fingerprint density at radius 1 is 1.13 bits per heavy atom. The van der Waals surface area contributed by atoms with Gasteiger partial charge in [0.1, 0.15) is 5.58 Å². The largest absolute Gasteiger partial charge is 0.454 e. The van der Waals surface area contributed by atoms with Crippen LogP contribution in [0.5, 0.6) is 11.5 Å². The Morgan fingerprint density at radius 2 is 1.97 bits per heavy atom. The summed E-state index contributed by atoms with van der Waals surface area (Å²) in [5, 5.41) is 12.6. The number of hydrogen-bond donors (Lipinski definition) is 1. The molecule has 0 radical (unpaired) electrons. The lowest BCUT2D eigenvalue weighted by molar-refractivity contribution is -0.115. The smallest absolute Gasteiger partial charge is 0.237 e. The second-order valence-corrected chi connectivity index (χ2v) is 8.14. The van der Waals surface area contributed by atoms with E-state index in [0.717, 1.165) is 11.0 Å². The van der Waals surface area contributed by atoms with Gasteiger partial charge in [0, 0.05) is 24.2 Å². The SMILES string of the molecule is C[C@@H](Sc1nnc(-c2cc3ccccc3o2)n1C)C(=O)Nc1ccc2c(c1)OCO2. The van der Waals surface area contributed by atoms with E-state index >= 15 is 0 Å². The van der Waals surface area contributed by atoms with Crippen LogP contribution < -0.4 is 14.8 Å². The van der Waals surface area contributed by atoms with Gasteiger partial charge in [-0.25, -0.2) is 0 Å². The Morgan fingerprint density at radius 3 is 2.83 bits per heavy atom. The van der Waals surface area contributed by atoms with Crippen molar-refractivity contribution in [3.8, 4) is 23.1 Å². The molecular formula is C21H18N4O4S. The third kappa shape index (κ3) is 3.37. The van der Waals surface area contributed by atoms with Crippen molar-refractivity contribution in [3.05, 3.63) is 48.5 Å². The van der Waals surface area contributed by atoms with Crippen LogP contribution in [0.3, 0.4) is 0 Å². The van der Waals surface area contributed by atoms with Crippen molar-refractivity contribution in [1.82, 2.24) is 14.8 Å². The molecule has 1 amide bonds. The number of nitrogens with one attached hydrogen (secondary N) is 1. The lowest BCUT2D eigenvalue weighted by Crippen LogP contribution is -2.22. The molecule has 0 bridgehead atoms. The van der Waals surface area contributed by atoms with Gasteiger partial charge in [-0.15, -0.1) is 10.2 Å². The fourth-order valence-electron chi connectivity index (χ4n) is 3.15. The van der Waals surface area contributed by atoms with Crippen molar-refractivity contribution in [1.29, 1.82) is 0 Å². The molecule has 0 saturated carbocycles. The van der Waals surface area contributed by atoms with Crippen LogP contribution in [0.15, 0.2) is 58.1 Å². The molecule has 1 aliphatic heterocycles. The average molecular weight is 422 g/mol. The monoisotopic (exact) mass is 422 g/mol. The first-order valence-corrected chi connectivity index (χ1v) is 10.2. The summed E-state index contributed by atoms with van der Waals surface area (Å²) in [5.74, 6) is 2.39. The third-order valence-corrected chi connectivity index (χ3v) is 5.91. The van der Waals surface area contributed by atoms with Gasteiger partial charge in [-0.3, -0.25) is 4.79 Å². The molecule has 8 nitrogen and oxygen atoms in total. The number of anilines is 1. The number of hydrogen-bond acceptors (Lipinski definition) is 7. The van der Waals surface area contributed by atoms with Crippen LogP contribution in [0.2, 0.25) is 0 Å². The van der Waals surface area contributed by atoms with Crippen LogP contribution in [-0.4, -0.2) is 32.7 Å². The maximum absolute atomic E-state index is 12.6. The molecule has 1 aliphatic rings. The number of carbonyl (C=O) groups excluding carboxylic acids is 1. The Kier molecular flexibility index (Phi) is 4.59. The normalized spacial score (nSPS) is 13.5. The number of ether oxygens (including phenoxy) is 2. The zero-order valence-corrected chi connectivity index (χ0v) is 17.1. The first-order chi connectivity index (χ1) is 14.6. The molecule has 0 saturated heterocycles. The molecule has 152 valence electrons. The van der Waals surface area contributed by atoms with Gasteiger partial charge in [-0.2, -0.15) is 0 Å². The van der Waals surface area contributed by atoms with E-state index in [1.165, 1.54) is 11.8 Å². The molecule has 2 aromatic carbocycles. The minimum absolute atomic E-state index is 0.146. The minimum Gasteiger partial charge on any atom is -0.454 e. The number of furan rings is 1. The number of para-hydroxylation sites is 1. The summed E-state index contributed by atoms with van der Waals surface area (Å²) in [6.45, 7) is 2.02. The molecular weight excluding hydrogens is 404 g/mol. The number of nitrogens with zero attached hydrogens (tertiary/aromatic N) is 3. The van der Waals surface area contributed by atoms with Gasteiger partial charge >= 0.3 is 0 Å². The predicted octanol–water partition coefficient (Wildman–Crippen LogP) is 4.08. The van der Waals surface area contributed by atoms with Crippen molar-refractivity contribution in [2.75, 3.05) is 12.1 Å². The van der Waals surface area contributed by atoms with Crippen LogP contribution in [-0.2, 0) is 11.8 Å². The van der Waals surface area contributed by atoms with E-state index in [4.69, 9.17) is 13.9 Å². The van der Waals surface area contributed by atoms with E-state index in [0.29, 0.717) is 33.9 Å². The topological polar surface area (TPSA) is 91.4 Å². The number of thioether (sulfide) groups is 1. The summed E-state index contributed by atoms with van der Waals surface area (Å²) >= 11 is 1.33. The molecule has 5 rings (SSSR count). The number of benzene rings is 2. The predicted molar refractivity (Wildman–Crippen MR) is 113 cm³/mol. The summed E-state index contributed by atoms with van der Waals surface area (Å²) in [6, 6.07) is 15.0. The molecule has 30 heavy (non-hydrogen) atoms. The molecule has 1 N–H and O–H groups in total. The first kappa shape index (κ1) is 18.6. The molecule has 0 fully saturated rings. The van der Waals surface area contributed by atoms with Crippen LogP contribution in [0, 0.1) is 0 Å². The summed E-state index contributed by atoms with van der Waals surface area (Å²) < 4.78 is 18.3. The fraction of sp³-hybridized carbons (Fsp3) is 0.190. The number of fused-ring (bicyclic) bond motifs is 2. The van der Waals surface area contributed by atoms with Crippen molar-refractivity contribution >= 4 is 34.3 Å². The quantitative estimate of drug-likeness (QED) is 0.485. The fourth-order valence-corrected chi connectivity index (χ4v) is 3.97. The highest BCUT2D eigenvalue weighted by Crippen LogP contribution is 2.35. The van der Waals surface area contributed by atoms with Gasteiger partial charge in [0.2, 0.25) is 12.7 Å². The van der Waals surface area contributed by atoms with Crippen LogP contribution in [0.4, 0.5) is 5.69 Å². The Hall–Kier alpha value is -3.46. The van der Waals surface area contributed by atoms with E-state index < -0.39 is 0 Å². The zero-order chi connectivity index (χ0) is 20.7. The lowest BCUT2D eigenvalue weighted by atomic mass is 10.2. The van der Waals surface area contributed by atoms with Crippen molar-refractivity contribution < 1.29 is 18.7 Å². The lowest BCUT2D eigenvalue weighted by Gasteiger charge is -2.12. The standard InChI is InChI=1S/C21H18N4O4S/c1-12(20(26)22-14-7-8-16-17(10-14)28-11-27-16)30-21-24-23-19(25(21)2)18-9-13-5-3-4-6-15(13)29-18/h3-10,12H,11H2,1-2H3,(H,22,26)/t12-/m1/s1. The van der Waals surface area contributed by atoms with Crippen molar-refractivity contribution in [2.24, 2.45) is 7.05 Å². The Balaban J connectivity index is 1.30. The van der Waals surface area contributed by atoms with Crippen molar-refractivity contribution in [3.63, 3.8) is 0 Å². The highest BCUT2D eigenvalue weighted by molar-refractivity contribution is 8.00. The molecule has 0 unspecified atom stereocenters. The summed E-state index contributed by atoms with van der Waals surface area (Å²) in [4.78, 5) is 12.6. The van der Waals surface area contributed by atoms with Gasteiger partial charge in [-0.05, 0) is 31.2 Å². The van der Waals surface area contributed by atoms with Gasteiger partial charge in [0.25, 0.3) is 0 Å². The van der Waals surface area contributed by atoms with Gasteiger partial charge < -0.3 is 23.8 Å². The molecule has 0 aliphatic carbocycles. The highest BCUT2D eigenvalue weighted by atomic mass is 32.2. The third-order valence-electron chi connectivity index (χ3n) is 4.77. The second-order valence-electron chi connectivity index (χ2n) is 6.83. The van der Waals surface area contributed by atoms with E-state index in [1.54, 1.807) is 18.2 Å². The number of rotatable bonds is 5. The molecule has 9 heteroatoms. The maximum atomic E-state index is 12.6. The van der Waals surface area contributed by atoms with E-state index in [-0.39, 0.29) is 18.0 Å². The van der Waals surface area contributed by atoms with Crippen LogP contribution in [0.25, 0.3) is 22.6 Å². The molecule has 4 aromatic rings.